The van der Waals surface area contributed by atoms with Crippen LogP contribution in [0.25, 0.3) is 6.08 Å². The first kappa shape index (κ1) is 32.6. The average Bonchev–Trinajstić information content (AvgIpc) is 3.85. The predicted molar refractivity (Wildman–Crippen MR) is 178 cm³/mol. The number of hydrogen-bond donors (Lipinski definition) is 2. The number of piperidine rings is 1. The van der Waals surface area contributed by atoms with E-state index in [0.717, 1.165) is 72.7 Å². The number of aryl methyl sites for hydroxylation is 1. The van der Waals surface area contributed by atoms with Crippen LogP contribution in [-0.4, -0.2) is 47.6 Å². The molecule has 2 N–H and O–H groups in total. The van der Waals surface area contributed by atoms with Crippen LogP contribution in [0.3, 0.4) is 0 Å². The van der Waals surface area contributed by atoms with Crippen LogP contribution in [0.1, 0.15) is 87.9 Å². The first-order valence-electron chi connectivity index (χ1n) is 16.5. The van der Waals surface area contributed by atoms with Crippen molar-refractivity contribution < 1.29 is 8.78 Å². The van der Waals surface area contributed by atoms with Crippen LogP contribution >= 0.6 is 0 Å². The van der Waals surface area contributed by atoms with Crippen LogP contribution in [0.15, 0.2) is 54.4 Å². The van der Waals surface area contributed by atoms with E-state index < -0.39 is 17.3 Å². The van der Waals surface area contributed by atoms with E-state index in [4.69, 9.17) is 9.97 Å². The number of anilines is 2. The molecule has 1 aromatic carbocycles. The van der Waals surface area contributed by atoms with Gasteiger partial charge in [-0.3, -0.25) is 0 Å². The average molecular weight is 616 g/mol. The van der Waals surface area contributed by atoms with E-state index in [1.807, 2.05) is 39.8 Å². The zero-order chi connectivity index (χ0) is 32.4. The van der Waals surface area contributed by atoms with Crippen LogP contribution in [0.5, 0.6) is 0 Å². The quantitative estimate of drug-likeness (QED) is 0.340. The molecule has 1 aromatic heterocycles. The fourth-order valence-electron chi connectivity index (χ4n) is 6.68. The Labute approximate surface area is 267 Å². The van der Waals surface area contributed by atoms with E-state index in [2.05, 4.69) is 39.7 Å². The van der Waals surface area contributed by atoms with Crippen molar-refractivity contribution in [3.05, 3.63) is 76.9 Å². The van der Waals surface area contributed by atoms with Gasteiger partial charge < -0.3 is 20.4 Å². The minimum absolute atomic E-state index is 0.0656. The summed E-state index contributed by atoms with van der Waals surface area (Å²) >= 11 is 0. The van der Waals surface area contributed by atoms with Crippen molar-refractivity contribution in [2.75, 3.05) is 42.9 Å². The Morgan fingerprint density at radius 2 is 1.80 bits per heavy atom. The van der Waals surface area contributed by atoms with Gasteiger partial charge in [-0.25, -0.2) is 18.7 Å². The standard InChI is InChI=1S/C34H41F2N7.C2H6/c1-22-9-16-42-17-10-27(11-18-42)34(35,36)28-8-5-7-26(19-28)23(2)39-31-29-20-30(33(21-37)12-13-33)24(3)43(15-6-14-38-22)32(29)41-25(4)40-31;1-2/h5,7-8,19-20,23,27,38H,1,3,6,9-18H2,2,4H3,(H,39,40,41);1-2H3/t23-;/m1./s1. The highest BCUT2D eigenvalue weighted by Crippen LogP contribution is 2.56. The molecule has 7 nitrogen and oxygen atoms in total. The summed E-state index contributed by atoms with van der Waals surface area (Å²) in [7, 11) is 0. The van der Waals surface area contributed by atoms with Gasteiger partial charge in [-0.05, 0) is 88.7 Å². The van der Waals surface area contributed by atoms with Gasteiger partial charge in [0.15, 0.2) is 0 Å². The molecule has 8 bridgehead atoms. The normalized spacial score (nSPS) is 25.7. The van der Waals surface area contributed by atoms with Gasteiger partial charge in [0, 0.05) is 48.6 Å². The number of nitriles is 1. The van der Waals surface area contributed by atoms with Crippen molar-refractivity contribution in [1.29, 1.82) is 5.26 Å². The second kappa shape index (κ2) is 13.3. The number of alkyl halides is 2. The Morgan fingerprint density at radius 3 is 2.49 bits per heavy atom. The van der Waals surface area contributed by atoms with E-state index in [0.29, 0.717) is 44.1 Å². The molecule has 2 fully saturated rings. The number of aromatic nitrogens is 2. The van der Waals surface area contributed by atoms with E-state index in [1.54, 1.807) is 18.2 Å². The molecule has 240 valence electrons. The third-order valence-electron chi connectivity index (χ3n) is 9.59. The van der Waals surface area contributed by atoms with Crippen molar-refractivity contribution in [2.24, 2.45) is 11.3 Å². The molecule has 0 unspecified atom stereocenters. The zero-order valence-corrected chi connectivity index (χ0v) is 27.2. The summed E-state index contributed by atoms with van der Waals surface area (Å²) in [5.74, 6) is -1.63. The van der Waals surface area contributed by atoms with Crippen LogP contribution in [0.4, 0.5) is 20.4 Å². The lowest BCUT2D eigenvalue weighted by molar-refractivity contribution is -0.0854. The third kappa shape index (κ3) is 6.62. The first-order chi connectivity index (χ1) is 21.6. The van der Waals surface area contributed by atoms with Crippen LogP contribution in [0.2, 0.25) is 0 Å². The molecule has 0 spiro atoms. The predicted octanol–water partition coefficient (Wildman–Crippen LogP) is 7.71. The smallest absolute Gasteiger partial charge is 0.276 e. The fourth-order valence-corrected chi connectivity index (χ4v) is 6.68. The van der Waals surface area contributed by atoms with E-state index in [9.17, 15) is 5.26 Å². The fraction of sp³-hybridized carbons (Fsp3) is 0.528. The molecule has 0 radical (unpaired) electrons. The molecule has 0 amide bonds. The number of benzene rings is 1. The maximum Gasteiger partial charge on any atom is 0.276 e. The third-order valence-corrected chi connectivity index (χ3v) is 9.59. The summed E-state index contributed by atoms with van der Waals surface area (Å²) in [6, 6.07) is 9.06. The number of hydrogen-bond acceptors (Lipinski definition) is 7. The highest BCUT2D eigenvalue weighted by atomic mass is 19.3. The van der Waals surface area contributed by atoms with E-state index in [-0.39, 0.29) is 11.6 Å². The topological polar surface area (TPSA) is 80.1 Å². The summed E-state index contributed by atoms with van der Waals surface area (Å²) < 4.78 is 31.8. The molecule has 1 saturated heterocycles. The molecule has 2 aromatic rings. The SMILES string of the molecule is C=C1CCN2CCC(CC2)C(F)(F)c2cccc(c2)[C@@H](C)Nc2nc(C)nc3c2C=C(C2(C#N)CC2)C(=C)N3CCCN1.CC. The Hall–Kier alpha value is -3.77. The summed E-state index contributed by atoms with van der Waals surface area (Å²) in [6.45, 7) is 20.0. The van der Waals surface area contributed by atoms with Crippen molar-refractivity contribution in [2.45, 2.75) is 78.2 Å². The number of fused-ring (bicyclic) bond motifs is 9. The van der Waals surface area contributed by atoms with Crippen molar-refractivity contribution >= 4 is 17.7 Å². The van der Waals surface area contributed by atoms with Crippen molar-refractivity contribution in [1.82, 2.24) is 20.2 Å². The molecule has 5 aliphatic rings. The first-order valence-corrected chi connectivity index (χ1v) is 16.5. The summed E-state index contributed by atoms with van der Waals surface area (Å²) in [6.07, 6.45) is 6.14. The summed E-state index contributed by atoms with van der Waals surface area (Å²) in [4.78, 5) is 14.0. The minimum atomic E-state index is -2.91. The van der Waals surface area contributed by atoms with Gasteiger partial charge in [-0.1, -0.05) is 45.2 Å². The molecular weight excluding hydrogens is 568 g/mol. The van der Waals surface area contributed by atoms with Crippen LogP contribution < -0.4 is 15.5 Å². The molecule has 7 rings (SSSR count). The number of nitrogens with zero attached hydrogens (tertiary/aromatic N) is 5. The van der Waals surface area contributed by atoms with Crippen molar-refractivity contribution in [3.8, 4) is 6.07 Å². The van der Waals surface area contributed by atoms with Gasteiger partial charge >= 0.3 is 0 Å². The van der Waals surface area contributed by atoms with Gasteiger partial charge in [-0.2, -0.15) is 5.26 Å². The van der Waals surface area contributed by atoms with E-state index >= 15 is 8.78 Å². The van der Waals surface area contributed by atoms with Gasteiger partial charge in [0.2, 0.25) is 0 Å². The molecule has 1 atom stereocenters. The number of halogens is 2. The van der Waals surface area contributed by atoms with E-state index in [1.165, 1.54) is 0 Å². The highest BCUT2D eigenvalue weighted by Gasteiger charge is 2.50. The summed E-state index contributed by atoms with van der Waals surface area (Å²) in [5, 5.41) is 17.1. The molecule has 4 aliphatic heterocycles. The van der Waals surface area contributed by atoms with Crippen LogP contribution in [0, 0.1) is 29.6 Å². The molecule has 1 saturated carbocycles. The molecular formula is C36H47F2N7. The highest BCUT2D eigenvalue weighted by molar-refractivity contribution is 5.84. The summed E-state index contributed by atoms with van der Waals surface area (Å²) in [5.41, 5.74) is 3.76. The zero-order valence-electron chi connectivity index (χ0n) is 27.2. The monoisotopic (exact) mass is 615 g/mol. The molecule has 1 aliphatic carbocycles. The number of allylic oxidation sites excluding steroid dienone is 1. The molecule has 9 heteroatoms. The Balaban J connectivity index is 0.00000196. The second-order valence-corrected chi connectivity index (χ2v) is 12.6. The Bertz CT molecular complexity index is 1500. The maximum absolute atomic E-state index is 15.9. The Kier molecular flexibility index (Phi) is 9.64. The lowest BCUT2D eigenvalue weighted by Gasteiger charge is -2.36. The lowest BCUT2D eigenvalue weighted by Crippen LogP contribution is -2.40. The molecule has 5 heterocycles. The van der Waals surface area contributed by atoms with Gasteiger partial charge in [-0.15, -0.1) is 0 Å². The molecule has 45 heavy (non-hydrogen) atoms. The van der Waals surface area contributed by atoms with Crippen LogP contribution in [-0.2, 0) is 5.92 Å². The lowest BCUT2D eigenvalue weighted by atomic mass is 9.85. The van der Waals surface area contributed by atoms with Gasteiger partial charge in [0.25, 0.3) is 5.92 Å². The maximum atomic E-state index is 15.9. The Morgan fingerprint density at radius 1 is 1.07 bits per heavy atom. The number of nitrogens with one attached hydrogen (secondary N) is 2. The van der Waals surface area contributed by atoms with Crippen molar-refractivity contribution in [3.63, 3.8) is 0 Å². The minimum Gasteiger partial charge on any atom is -0.389 e. The second-order valence-electron chi connectivity index (χ2n) is 12.6. The largest absolute Gasteiger partial charge is 0.389 e. The van der Waals surface area contributed by atoms with Gasteiger partial charge in [0.1, 0.15) is 17.5 Å². The van der Waals surface area contributed by atoms with Gasteiger partial charge in [0.05, 0.1) is 17.0 Å². The number of rotatable bonds is 1.